The second-order valence-electron chi connectivity index (χ2n) is 5.44. The predicted octanol–water partition coefficient (Wildman–Crippen LogP) is 4.34. The molecule has 0 saturated heterocycles. The molecule has 1 aliphatic rings. The molecule has 0 spiro atoms. The molecule has 1 unspecified atom stereocenters. The van der Waals surface area contributed by atoms with E-state index in [0.29, 0.717) is 28.5 Å². The van der Waals surface area contributed by atoms with Crippen LogP contribution in [0.2, 0.25) is 10.0 Å². The number of fused-ring (bicyclic) bond motifs is 1. The zero-order chi connectivity index (χ0) is 15.0. The molecule has 0 aliphatic heterocycles. The van der Waals surface area contributed by atoms with Gasteiger partial charge in [0.15, 0.2) is 0 Å². The first-order chi connectivity index (χ1) is 10.1. The smallest absolute Gasteiger partial charge is 0.0997 e. The lowest BCUT2D eigenvalue weighted by molar-refractivity contribution is 0.0694. The van der Waals surface area contributed by atoms with Crippen LogP contribution in [-0.2, 0) is 12.8 Å². The number of rotatable bonds is 2. The Labute approximate surface area is 133 Å². The number of hydrogen-bond acceptors (Lipinski definition) is 2. The summed E-state index contributed by atoms with van der Waals surface area (Å²) in [4.78, 5) is 0. The highest BCUT2D eigenvalue weighted by Crippen LogP contribution is 2.47. The van der Waals surface area contributed by atoms with Gasteiger partial charge >= 0.3 is 0 Å². The van der Waals surface area contributed by atoms with Crippen LogP contribution >= 0.6 is 23.2 Å². The summed E-state index contributed by atoms with van der Waals surface area (Å²) < 4.78 is 0. The monoisotopic (exact) mass is 317 g/mol. The molecule has 0 fully saturated rings. The van der Waals surface area contributed by atoms with Gasteiger partial charge in [-0.05, 0) is 30.0 Å². The molecule has 1 aliphatic carbocycles. The second-order valence-corrected chi connectivity index (χ2v) is 6.22. The fourth-order valence-electron chi connectivity index (χ4n) is 3.01. The average Bonchev–Trinajstić information content (AvgIpc) is 2.89. The zero-order valence-corrected chi connectivity index (χ0v) is 12.7. The molecule has 21 heavy (non-hydrogen) atoms. The van der Waals surface area contributed by atoms with E-state index >= 15 is 0 Å². The van der Waals surface area contributed by atoms with E-state index in [2.05, 4.69) is 6.07 Å². The van der Waals surface area contributed by atoms with Gasteiger partial charge in [0, 0.05) is 5.56 Å². The number of nitriles is 1. The van der Waals surface area contributed by atoms with Gasteiger partial charge in [0.05, 0.1) is 27.6 Å². The van der Waals surface area contributed by atoms with Crippen LogP contribution in [0.5, 0.6) is 0 Å². The van der Waals surface area contributed by atoms with Crippen LogP contribution < -0.4 is 0 Å². The topological polar surface area (TPSA) is 44.0 Å². The molecule has 2 aromatic rings. The van der Waals surface area contributed by atoms with Gasteiger partial charge in [-0.25, -0.2) is 0 Å². The average molecular weight is 318 g/mol. The van der Waals surface area contributed by atoms with Crippen LogP contribution in [0.4, 0.5) is 0 Å². The number of aliphatic hydroxyl groups excluding tert-OH is 1. The maximum absolute atomic E-state index is 10.8. The summed E-state index contributed by atoms with van der Waals surface area (Å²) in [5, 5.41) is 21.2. The van der Waals surface area contributed by atoms with Crippen LogP contribution in [-0.4, -0.2) is 5.11 Å². The minimum Gasteiger partial charge on any atom is -0.387 e. The summed E-state index contributed by atoms with van der Waals surface area (Å²) in [7, 11) is 0. The van der Waals surface area contributed by atoms with Crippen LogP contribution in [0.1, 0.15) is 22.8 Å². The standard InChI is InChI=1S/C17H13Cl2NO/c18-14-7-3-6-13(15(14)19)16(21)17(10-20)8-11-4-1-2-5-12(11)9-17/h1-7,16,21H,8-9H2. The molecule has 0 amide bonds. The maximum Gasteiger partial charge on any atom is 0.0997 e. The Morgan fingerprint density at radius 3 is 2.24 bits per heavy atom. The molecule has 4 heteroatoms. The summed E-state index contributed by atoms with van der Waals surface area (Å²) in [6.45, 7) is 0. The zero-order valence-electron chi connectivity index (χ0n) is 11.2. The maximum atomic E-state index is 10.8. The van der Waals surface area contributed by atoms with E-state index in [4.69, 9.17) is 23.2 Å². The third-order valence-corrected chi connectivity index (χ3v) is 4.99. The molecule has 2 nitrogen and oxygen atoms in total. The van der Waals surface area contributed by atoms with Crippen molar-refractivity contribution in [1.29, 1.82) is 5.26 Å². The highest BCUT2D eigenvalue weighted by atomic mass is 35.5. The highest BCUT2D eigenvalue weighted by molar-refractivity contribution is 6.42. The minimum absolute atomic E-state index is 0.317. The van der Waals surface area contributed by atoms with E-state index < -0.39 is 11.5 Å². The number of aliphatic hydroxyl groups is 1. The largest absolute Gasteiger partial charge is 0.387 e. The van der Waals surface area contributed by atoms with E-state index in [-0.39, 0.29) is 0 Å². The quantitative estimate of drug-likeness (QED) is 0.895. The van der Waals surface area contributed by atoms with Gasteiger partial charge in [-0.15, -0.1) is 0 Å². The van der Waals surface area contributed by atoms with Crippen molar-refractivity contribution >= 4 is 23.2 Å². The van der Waals surface area contributed by atoms with Gasteiger partial charge in [-0.1, -0.05) is 59.6 Å². The summed E-state index contributed by atoms with van der Waals surface area (Å²) in [6.07, 6.45) is 0.0639. The molecular weight excluding hydrogens is 305 g/mol. The molecule has 2 aromatic carbocycles. The van der Waals surface area contributed by atoms with Crippen molar-refractivity contribution in [2.75, 3.05) is 0 Å². The first-order valence-electron chi connectivity index (χ1n) is 6.67. The Kier molecular flexibility index (Phi) is 3.67. The molecule has 1 atom stereocenters. The van der Waals surface area contributed by atoms with Gasteiger partial charge in [0.2, 0.25) is 0 Å². The van der Waals surface area contributed by atoms with E-state index in [0.717, 1.165) is 11.1 Å². The van der Waals surface area contributed by atoms with Crippen molar-refractivity contribution in [3.63, 3.8) is 0 Å². The molecule has 106 valence electrons. The van der Waals surface area contributed by atoms with E-state index in [1.807, 2.05) is 24.3 Å². The summed E-state index contributed by atoms with van der Waals surface area (Å²) >= 11 is 12.2. The highest BCUT2D eigenvalue weighted by Gasteiger charge is 2.45. The minimum atomic E-state index is -0.971. The second kappa shape index (κ2) is 5.35. The first kappa shape index (κ1) is 14.4. The van der Waals surface area contributed by atoms with Gasteiger partial charge in [-0.3, -0.25) is 0 Å². The predicted molar refractivity (Wildman–Crippen MR) is 83.3 cm³/mol. The third kappa shape index (κ3) is 2.32. The van der Waals surface area contributed by atoms with E-state index in [1.54, 1.807) is 18.2 Å². The Bertz CT molecular complexity index is 711. The number of hydrogen-bond donors (Lipinski definition) is 1. The molecule has 0 saturated carbocycles. The summed E-state index contributed by atoms with van der Waals surface area (Å²) in [5.74, 6) is 0. The van der Waals surface area contributed by atoms with E-state index in [9.17, 15) is 10.4 Å². The normalized spacial score (nSPS) is 17.0. The Balaban J connectivity index is 2.03. The molecule has 0 aromatic heterocycles. The third-order valence-electron chi connectivity index (χ3n) is 4.15. The van der Waals surface area contributed by atoms with Crippen LogP contribution in [0.15, 0.2) is 42.5 Å². The van der Waals surface area contributed by atoms with Crippen LogP contribution in [0, 0.1) is 16.7 Å². The Hall–Kier alpha value is -1.53. The van der Waals surface area contributed by atoms with Crippen molar-refractivity contribution in [1.82, 2.24) is 0 Å². The van der Waals surface area contributed by atoms with Crippen LogP contribution in [0.25, 0.3) is 0 Å². The van der Waals surface area contributed by atoms with Crippen molar-refractivity contribution in [3.05, 3.63) is 69.2 Å². The van der Waals surface area contributed by atoms with Crippen LogP contribution in [0.3, 0.4) is 0 Å². The van der Waals surface area contributed by atoms with Gasteiger partial charge in [-0.2, -0.15) is 5.26 Å². The Morgan fingerprint density at radius 2 is 1.67 bits per heavy atom. The van der Waals surface area contributed by atoms with Gasteiger partial charge in [0.25, 0.3) is 0 Å². The lowest BCUT2D eigenvalue weighted by Crippen LogP contribution is -2.28. The summed E-state index contributed by atoms with van der Waals surface area (Å²) in [5.41, 5.74) is 1.84. The number of benzene rings is 2. The van der Waals surface area contributed by atoms with Crippen molar-refractivity contribution in [2.24, 2.45) is 5.41 Å². The van der Waals surface area contributed by atoms with E-state index in [1.165, 1.54) is 0 Å². The SMILES string of the molecule is N#CC1(C(O)c2cccc(Cl)c2Cl)Cc2ccccc2C1. The lowest BCUT2D eigenvalue weighted by Gasteiger charge is -2.28. The van der Waals surface area contributed by atoms with Crippen molar-refractivity contribution < 1.29 is 5.11 Å². The molecule has 0 heterocycles. The molecule has 1 N–H and O–H groups in total. The van der Waals surface area contributed by atoms with Crippen molar-refractivity contribution in [2.45, 2.75) is 18.9 Å². The fraction of sp³-hybridized carbons (Fsp3) is 0.235. The Morgan fingerprint density at radius 1 is 1.05 bits per heavy atom. The molecule has 0 radical (unpaired) electrons. The summed E-state index contributed by atoms with van der Waals surface area (Å²) in [6, 6.07) is 15.3. The van der Waals surface area contributed by atoms with Crippen molar-refractivity contribution in [3.8, 4) is 6.07 Å². The fourth-order valence-corrected chi connectivity index (χ4v) is 3.42. The molecular formula is C17H13Cl2NO. The molecule has 3 rings (SSSR count). The van der Waals surface area contributed by atoms with Gasteiger partial charge < -0.3 is 5.11 Å². The van der Waals surface area contributed by atoms with Gasteiger partial charge in [0.1, 0.15) is 0 Å². The number of halogens is 2. The number of nitrogens with zero attached hydrogens (tertiary/aromatic N) is 1. The lowest BCUT2D eigenvalue weighted by atomic mass is 9.77. The first-order valence-corrected chi connectivity index (χ1v) is 7.43. The molecule has 0 bridgehead atoms.